The van der Waals surface area contributed by atoms with Gasteiger partial charge in [-0.15, -0.1) is 0 Å². The Morgan fingerprint density at radius 2 is 2.05 bits per heavy atom. The van der Waals surface area contributed by atoms with E-state index in [1.807, 2.05) is 0 Å². The highest BCUT2D eigenvalue weighted by atomic mass is 79.9. The fourth-order valence-electron chi connectivity index (χ4n) is 2.38. The van der Waals surface area contributed by atoms with Gasteiger partial charge in [-0.05, 0) is 36.6 Å². The van der Waals surface area contributed by atoms with Gasteiger partial charge in [-0.25, -0.2) is 0 Å². The summed E-state index contributed by atoms with van der Waals surface area (Å²) < 4.78 is 38.3. The summed E-state index contributed by atoms with van der Waals surface area (Å²) in [6.45, 7) is 0. The fraction of sp³-hybridized carbons (Fsp3) is 0.333. The minimum absolute atomic E-state index is 0.206. The Morgan fingerprint density at radius 3 is 2.64 bits per heavy atom. The number of hydrogen-bond acceptors (Lipinski definition) is 2. The van der Waals surface area contributed by atoms with Crippen LogP contribution in [-0.4, -0.2) is 16.2 Å². The van der Waals surface area contributed by atoms with E-state index in [2.05, 4.69) is 20.9 Å². The maximum absolute atomic E-state index is 12.8. The topological polar surface area (TPSA) is 56.0 Å². The summed E-state index contributed by atoms with van der Waals surface area (Å²) in [6.07, 6.45) is -1.76. The number of carbonyl (C=O) groups excluding carboxylic acids is 1. The molecule has 0 bridgehead atoms. The van der Waals surface area contributed by atoms with E-state index < -0.39 is 23.6 Å². The van der Waals surface area contributed by atoms with E-state index in [1.165, 1.54) is 12.3 Å². The number of fused-ring (bicyclic) bond motifs is 1. The maximum atomic E-state index is 12.8. The SMILES string of the molecule is NC(=O)C(CCCBr)c1ccnc2cc(C(F)(F)F)ccc12. The summed E-state index contributed by atoms with van der Waals surface area (Å²) in [5, 5.41) is 1.24. The molecule has 0 radical (unpaired) electrons. The van der Waals surface area contributed by atoms with Gasteiger partial charge >= 0.3 is 6.18 Å². The number of hydrogen-bond donors (Lipinski definition) is 1. The van der Waals surface area contributed by atoms with Crippen LogP contribution < -0.4 is 5.73 Å². The molecule has 2 rings (SSSR count). The van der Waals surface area contributed by atoms with Crippen LogP contribution in [0.25, 0.3) is 10.9 Å². The number of halogens is 4. The lowest BCUT2D eigenvalue weighted by atomic mass is 9.91. The Bertz CT molecular complexity index is 688. The lowest BCUT2D eigenvalue weighted by Crippen LogP contribution is -2.22. The first-order valence-electron chi connectivity index (χ1n) is 6.65. The highest BCUT2D eigenvalue weighted by molar-refractivity contribution is 9.09. The molecule has 2 aromatic rings. The zero-order valence-electron chi connectivity index (χ0n) is 11.5. The number of amides is 1. The Labute approximate surface area is 133 Å². The maximum Gasteiger partial charge on any atom is 0.416 e. The third kappa shape index (κ3) is 3.58. The number of alkyl halides is 4. The molecule has 118 valence electrons. The Morgan fingerprint density at radius 1 is 1.32 bits per heavy atom. The summed E-state index contributed by atoms with van der Waals surface area (Å²) in [5.41, 5.74) is 5.51. The highest BCUT2D eigenvalue weighted by Gasteiger charge is 2.31. The predicted molar refractivity (Wildman–Crippen MR) is 81.7 cm³/mol. The molecule has 0 spiro atoms. The number of rotatable bonds is 5. The summed E-state index contributed by atoms with van der Waals surface area (Å²) in [7, 11) is 0. The largest absolute Gasteiger partial charge is 0.416 e. The third-order valence-electron chi connectivity index (χ3n) is 3.45. The van der Waals surface area contributed by atoms with Gasteiger partial charge in [-0.2, -0.15) is 13.2 Å². The zero-order valence-corrected chi connectivity index (χ0v) is 13.1. The number of benzene rings is 1. The summed E-state index contributed by atoms with van der Waals surface area (Å²) in [6, 6.07) is 4.97. The van der Waals surface area contributed by atoms with Crippen molar-refractivity contribution < 1.29 is 18.0 Å². The van der Waals surface area contributed by atoms with Gasteiger partial charge in [-0.3, -0.25) is 9.78 Å². The summed E-state index contributed by atoms with van der Waals surface area (Å²) in [4.78, 5) is 15.7. The van der Waals surface area contributed by atoms with Crippen molar-refractivity contribution in [1.82, 2.24) is 4.98 Å². The second-order valence-electron chi connectivity index (χ2n) is 4.92. The number of nitrogens with zero attached hydrogens (tertiary/aromatic N) is 1. The average Bonchev–Trinajstić information content (AvgIpc) is 2.46. The van der Waals surface area contributed by atoms with Crippen molar-refractivity contribution in [3.8, 4) is 0 Å². The van der Waals surface area contributed by atoms with Gasteiger partial charge in [-0.1, -0.05) is 22.0 Å². The summed E-state index contributed by atoms with van der Waals surface area (Å²) >= 11 is 3.29. The molecular weight excluding hydrogens is 361 g/mol. The smallest absolute Gasteiger partial charge is 0.369 e. The van der Waals surface area contributed by atoms with Crippen molar-refractivity contribution in [2.24, 2.45) is 5.73 Å². The second-order valence-corrected chi connectivity index (χ2v) is 5.71. The molecular formula is C15H14BrF3N2O. The number of carbonyl (C=O) groups is 1. The van der Waals surface area contributed by atoms with Crippen LogP contribution in [0.5, 0.6) is 0 Å². The standard InChI is InChI=1S/C15H14BrF3N2O/c16-6-1-2-12(14(20)22)10-5-7-21-13-8-9(15(17,18)19)3-4-11(10)13/h3-5,7-8,12H,1-2,6H2,(H2,20,22). The van der Waals surface area contributed by atoms with Gasteiger partial charge in [0.05, 0.1) is 17.0 Å². The van der Waals surface area contributed by atoms with Crippen molar-refractivity contribution >= 4 is 32.7 Å². The normalized spacial score (nSPS) is 13.3. The Hall–Kier alpha value is -1.63. The molecule has 1 amide bonds. The minimum Gasteiger partial charge on any atom is -0.369 e. The molecule has 22 heavy (non-hydrogen) atoms. The van der Waals surface area contributed by atoms with Crippen LogP contribution in [0.2, 0.25) is 0 Å². The van der Waals surface area contributed by atoms with Gasteiger partial charge in [0.1, 0.15) is 0 Å². The quantitative estimate of drug-likeness (QED) is 0.804. The number of nitrogens with two attached hydrogens (primary N) is 1. The van der Waals surface area contributed by atoms with Crippen LogP contribution in [0.3, 0.4) is 0 Å². The summed E-state index contributed by atoms with van der Waals surface area (Å²) in [5.74, 6) is -1.03. The van der Waals surface area contributed by atoms with Crippen LogP contribution in [0, 0.1) is 0 Å². The number of aromatic nitrogens is 1. The highest BCUT2D eigenvalue weighted by Crippen LogP contribution is 2.33. The molecule has 0 aliphatic carbocycles. The Balaban J connectivity index is 2.52. The van der Waals surface area contributed by atoms with Crippen molar-refractivity contribution in [2.45, 2.75) is 24.9 Å². The molecule has 0 saturated carbocycles. The predicted octanol–water partition coefficient (Wildman–Crippen LogP) is 4.00. The van der Waals surface area contributed by atoms with Gasteiger partial charge in [0.25, 0.3) is 0 Å². The van der Waals surface area contributed by atoms with Crippen LogP contribution in [0.1, 0.15) is 29.9 Å². The molecule has 1 aromatic carbocycles. The monoisotopic (exact) mass is 374 g/mol. The van der Waals surface area contributed by atoms with Gasteiger partial charge in [0.2, 0.25) is 5.91 Å². The van der Waals surface area contributed by atoms with Gasteiger partial charge in [0.15, 0.2) is 0 Å². The van der Waals surface area contributed by atoms with E-state index in [0.717, 1.165) is 23.9 Å². The van der Waals surface area contributed by atoms with Crippen molar-refractivity contribution in [3.63, 3.8) is 0 Å². The molecule has 0 saturated heterocycles. The van der Waals surface area contributed by atoms with Crippen LogP contribution >= 0.6 is 15.9 Å². The second kappa shape index (κ2) is 6.64. The molecule has 1 heterocycles. The van der Waals surface area contributed by atoms with Crippen LogP contribution in [-0.2, 0) is 11.0 Å². The van der Waals surface area contributed by atoms with Crippen LogP contribution in [0.4, 0.5) is 13.2 Å². The molecule has 0 aliphatic rings. The number of pyridine rings is 1. The lowest BCUT2D eigenvalue weighted by molar-refractivity contribution is -0.137. The molecule has 1 unspecified atom stereocenters. The molecule has 3 nitrogen and oxygen atoms in total. The van der Waals surface area contributed by atoms with E-state index in [9.17, 15) is 18.0 Å². The molecule has 1 aromatic heterocycles. The molecule has 0 fully saturated rings. The fourth-order valence-corrected chi connectivity index (χ4v) is 2.71. The minimum atomic E-state index is -4.43. The van der Waals surface area contributed by atoms with E-state index in [1.54, 1.807) is 6.07 Å². The van der Waals surface area contributed by atoms with Crippen LogP contribution in [0.15, 0.2) is 30.5 Å². The lowest BCUT2D eigenvalue weighted by Gasteiger charge is -2.16. The van der Waals surface area contributed by atoms with Gasteiger partial charge in [0, 0.05) is 16.9 Å². The van der Waals surface area contributed by atoms with Crippen molar-refractivity contribution in [3.05, 3.63) is 41.6 Å². The molecule has 2 N–H and O–H groups in total. The van der Waals surface area contributed by atoms with Crippen molar-refractivity contribution in [1.29, 1.82) is 0 Å². The third-order valence-corrected chi connectivity index (χ3v) is 4.01. The molecule has 7 heteroatoms. The first-order chi connectivity index (χ1) is 10.3. The molecule has 0 aliphatic heterocycles. The Kier molecular flexibility index (Phi) is 5.05. The molecule has 1 atom stereocenters. The van der Waals surface area contributed by atoms with E-state index >= 15 is 0 Å². The van der Waals surface area contributed by atoms with E-state index in [0.29, 0.717) is 17.4 Å². The van der Waals surface area contributed by atoms with Crippen molar-refractivity contribution in [2.75, 3.05) is 5.33 Å². The van der Waals surface area contributed by atoms with E-state index in [-0.39, 0.29) is 5.52 Å². The van der Waals surface area contributed by atoms with E-state index in [4.69, 9.17) is 5.73 Å². The average molecular weight is 375 g/mol. The zero-order chi connectivity index (χ0) is 16.3. The first-order valence-corrected chi connectivity index (χ1v) is 7.78. The number of primary amides is 1. The first kappa shape index (κ1) is 16.7. The van der Waals surface area contributed by atoms with Gasteiger partial charge < -0.3 is 5.73 Å².